The molecule has 1 aliphatic heterocycles. The first-order chi connectivity index (χ1) is 13.5. The lowest BCUT2D eigenvalue weighted by Crippen LogP contribution is -2.52. The fraction of sp³-hybridized carbons (Fsp3) is 0.0952. The second-order valence-corrected chi connectivity index (χ2v) is 6.89. The van der Waals surface area contributed by atoms with Crippen LogP contribution in [0.2, 0.25) is 0 Å². The number of para-hydroxylation sites is 1. The van der Waals surface area contributed by atoms with Crippen LogP contribution in [0.5, 0.6) is 0 Å². The van der Waals surface area contributed by atoms with Crippen LogP contribution in [0.4, 0.5) is 4.39 Å². The minimum atomic E-state index is -0.529. The van der Waals surface area contributed by atoms with Gasteiger partial charge in [-0.3, -0.25) is 19.8 Å². The molecule has 0 radical (unpaired) electrons. The van der Waals surface area contributed by atoms with Crippen molar-refractivity contribution in [1.29, 1.82) is 0 Å². The molecule has 0 unspecified atom stereocenters. The number of nitrogens with zero attached hydrogens (tertiary/aromatic N) is 2. The van der Waals surface area contributed by atoms with Gasteiger partial charge in [-0.2, -0.15) is 0 Å². The van der Waals surface area contributed by atoms with Crippen molar-refractivity contribution in [3.05, 3.63) is 77.2 Å². The maximum absolute atomic E-state index is 14.1. The Labute approximate surface area is 166 Å². The molecule has 2 aromatic carbocycles. The molecule has 2 amide bonds. The van der Waals surface area contributed by atoms with Crippen molar-refractivity contribution >= 4 is 46.1 Å². The lowest BCUT2D eigenvalue weighted by atomic mass is 10.1. The summed E-state index contributed by atoms with van der Waals surface area (Å²) in [5, 5.41) is 3.45. The number of nitrogens with one attached hydrogen (secondary N) is 1. The Bertz CT molecular complexity index is 1170. The molecule has 2 heterocycles. The molecule has 7 heteroatoms. The van der Waals surface area contributed by atoms with Gasteiger partial charge >= 0.3 is 0 Å². The number of carbonyl (C=O) groups is 2. The quantitative estimate of drug-likeness (QED) is 0.423. The molecule has 1 aromatic heterocycles. The molecule has 140 valence electrons. The Hall–Kier alpha value is -3.32. The standard InChI is InChI=1S/C21H16FN3O2S/c1-24-20(27)16(19(26)23-21(24)28)10-14-12-25(18-9-5-3-7-15(14)18)11-13-6-2-4-8-17(13)22/h2-10,12H,11H2,1H3,(H,23,26,28)/b16-10+. The van der Waals surface area contributed by atoms with Crippen molar-refractivity contribution in [2.45, 2.75) is 6.54 Å². The zero-order valence-electron chi connectivity index (χ0n) is 15.0. The van der Waals surface area contributed by atoms with E-state index in [9.17, 15) is 14.0 Å². The summed E-state index contributed by atoms with van der Waals surface area (Å²) in [6, 6.07) is 14.2. The van der Waals surface area contributed by atoms with E-state index in [2.05, 4.69) is 5.32 Å². The number of rotatable bonds is 3. The van der Waals surface area contributed by atoms with Crippen LogP contribution in [-0.4, -0.2) is 33.4 Å². The highest BCUT2D eigenvalue weighted by atomic mass is 32.1. The number of amides is 2. The van der Waals surface area contributed by atoms with Crippen LogP contribution in [0.15, 0.2) is 60.3 Å². The first-order valence-electron chi connectivity index (χ1n) is 8.62. The number of carbonyl (C=O) groups excluding carboxylic acids is 2. The minimum absolute atomic E-state index is 0.00453. The molecule has 28 heavy (non-hydrogen) atoms. The van der Waals surface area contributed by atoms with Crippen molar-refractivity contribution in [3.8, 4) is 0 Å². The summed E-state index contributed by atoms with van der Waals surface area (Å²) in [6.45, 7) is 0.334. The minimum Gasteiger partial charge on any atom is -0.342 e. The van der Waals surface area contributed by atoms with Gasteiger partial charge in [-0.1, -0.05) is 36.4 Å². The van der Waals surface area contributed by atoms with E-state index < -0.39 is 11.8 Å². The summed E-state index contributed by atoms with van der Waals surface area (Å²) in [5.74, 6) is -1.27. The van der Waals surface area contributed by atoms with Crippen LogP contribution in [0.3, 0.4) is 0 Å². The number of hydrogen-bond acceptors (Lipinski definition) is 3. The summed E-state index contributed by atoms with van der Waals surface area (Å²) in [6.07, 6.45) is 3.37. The van der Waals surface area contributed by atoms with Gasteiger partial charge in [-0.25, -0.2) is 4.39 Å². The highest BCUT2D eigenvalue weighted by Crippen LogP contribution is 2.26. The van der Waals surface area contributed by atoms with Crippen LogP contribution >= 0.6 is 12.2 Å². The van der Waals surface area contributed by atoms with Gasteiger partial charge in [0.1, 0.15) is 11.4 Å². The van der Waals surface area contributed by atoms with Gasteiger partial charge in [0, 0.05) is 35.3 Å². The topological polar surface area (TPSA) is 54.3 Å². The van der Waals surface area contributed by atoms with Crippen LogP contribution in [0, 0.1) is 5.82 Å². The Morgan fingerprint density at radius 2 is 1.82 bits per heavy atom. The summed E-state index contributed by atoms with van der Waals surface area (Å²) in [4.78, 5) is 26.0. The van der Waals surface area contributed by atoms with Crippen LogP contribution in [-0.2, 0) is 16.1 Å². The predicted octanol–water partition coefficient (Wildman–Crippen LogP) is 3.09. The summed E-state index contributed by atoms with van der Waals surface area (Å²) < 4.78 is 16.0. The molecule has 1 N–H and O–H groups in total. The van der Waals surface area contributed by atoms with Gasteiger partial charge in [0.25, 0.3) is 11.8 Å². The van der Waals surface area contributed by atoms with Crippen molar-refractivity contribution in [2.75, 3.05) is 7.05 Å². The second kappa shape index (κ2) is 7.01. The van der Waals surface area contributed by atoms with Crippen molar-refractivity contribution < 1.29 is 14.0 Å². The summed E-state index contributed by atoms with van der Waals surface area (Å²) >= 11 is 4.97. The van der Waals surface area contributed by atoms with Gasteiger partial charge in [-0.15, -0.1) is 0 Å². The average Bonchev–Trinajstić information content (AvgIpc) is 3.03. The number of likely N-dealkylation sites (N-methyl/N-ethyl adjacent to an activating group) is 1. The molecule has 5 nitrogen and oxygen atoms in total. The molecule has 3 aromatic rings. The monoisotopic (exact) mass is 393 g/mol. The van der Waals surface area contributed by atoms with Gasteiger partial charge in [0.05, 0.1) is 6.54 Å². The normalized spacial score (nSPS) is 16.1. The molecular formula is C21H16FN3O2S. The zero-order valence-corrected chi connectivity index (χ0v) is 15.8. The fourth-order valence-electron chi connectivity index (χ4n) is 3.23. The van der Waals surface area contributed by atoms with E-state index in [0.29, 0.717) is 17.7 Å². The largest absolute Gasteiger partial charge is 0.342 e. The van der Waals surface area contributed by atoms with Gasteiger partial charge < -0.3 is 4.57 Å². The van der Waals surface area contributed by atoms with E-state index in [4.69, 9.17) is 12.2 Å². The number of thiocarbonyl (C=S) groups is 1. The van der Waals surface area contributed by atoms with Crippen LogP contribution < -0.4 is 5.32 Å². The molecule has 0 atom stereocenters. The number of hydrogen-bond donors (Lipinski definition) is 1. The number of aromatic nitrogens is 1. The molecule has 0 aliphatic carbocycles. The van der Waals surface area contributed by atoms with Crippen LogP contribution in [0.25, 0.3) is 17.0 Å². The summed E-state index contributed by atoms with van der Waals surface area (Å²) in [7, 11) is 1.51. The Balaban J connectivity index is 1.81. The van der Waals surface area contributed by atoms with Gasteiger partial charge in [0.2, 0.25) is 0 Å². The fourth-order valence-corrected chi connectivity index (χ4v) is 3.41. The highest BCUT2D eigenvalue weighted by molar-refractivity contribution is 7.80. The average molecular weight is 393 g/mol. The van der Waals surface area contributed by atoms with E-state index in [1.54, 1.807) is 24.3 Å². The van der Waals surface area contributed by atoms with Crippen LogP contribution in [0.1, 0.15) is 11.1 Å². The third-order valence-electron chi connectivity index (χ3n) is 4.72. The maximum atomic E-state index is 14.1. The van der Waals surface area contributed by atoms with E-state index in [-0.39, 0.29) is 16.5 Å². The van der Waals surface area contributed by atoms with E-state index in [1.165, 1.54) is 18.0 Å². The van der Waals surface area contributed by atoms with Gasteiger partial charge in [-0.05, 0) is 30.4 Å². The van der Waals surface area contributed by atoms with E-state index in [0.717, 1.165) is 10.9 Å². The highest BCUT2D eigenvalue weighted by Gasteiger charge is 2.31. The predicted molar refractivity (Wildman–Crippen MR) is 109 cm³/mol. The number of benzene rings is 2. The molecule has 0 bridgehead atoms. The third kappa shape index (κ3) is 3.10. The molecule has 1 fully saturated rings. The molecule has 0 spiro atoms. The van der Waals surface area contributed by atoms with Crippen molar-refractivity contribution in [2.24, 2.45) is 0 Å². The van der Waals surface area contributed by atoms with E-state index in [1.807, 2.05) is 35.0 Å². The SMILES string of the molecule is CN1C(=O)/C(=C/c2cn(Cc3ccccc3F)c3ccccc23)C(=O)NC1=S. The molecular weight excluding hydrogens is 377 g/mol. The maximum Gasteiger partial charge on any atom is 0.265 e. The molecule has 1 saturated heterocycles. The lowest BCUT2D eigenvalue weighted by molar-refractivity contribution is -0.128. The molecule has 1 aliphatic rings. The van der Waals surface area contributed by atoms with E-state index >= 15 is 0 Å². The summed E-state index contributed by atoms with van der Waals surface area (Å²) in [5.41, 5.74) is 2.14. The smallest absolute Gasteiger partial charge is 0.265 e. The lowest BCUT2D eigenvalue weighted by Gasteiger charge is -2.24. The second-order valence-electron chi connectivity index (χ2n) is 6.50. The first kappa shape index (κ1) is 18.1. The first-order valence-corrected chi connectivity index (χ1v) is 9.03. The number of fused-ring (bicyclic) bond motifs is 1. The number of halogens is 1. The van der Waals surface area contributed by atoms with Crippen molar-refractivity contribution in [3.63, 3.8) is 0 Å². The Morgan fingerprint density at radius 1 is 1.11 bits per heavy atom. The zero-order chi connectivity index (χ0) is 19.8. The Kier molecular flexibility index (Phi) is 4.52. The Morgan fingerprint density at radius 3 is 2.61 bits per heavy atom. The third-order valence-corrected chi connectivity index (χ3v) is 5.10. The van der Waals surface area contributed by atoms with Crippen molar-refractivity contribution in [1.82, 2.24) is 14.8 Å². The van der Waals surface area contributed by atoms with Gasteiger partial charge in [0.15, 0.2) is 5.11 Å². The molecule has 0 saturated carbocycles. The molecule has 4 rings (SSSR count).